The number of aliphatic hydroxyl groups is 1. The largest absolute Gasteiger partial charge is 0.481 e. The first kappa shape index (κ1) is 11.4. The number of carboxylic acids is 1. The minimum absolute atomic E-state index is 0.162. The molecule has 0 heterocycles. The third-order valence-corrected chi connectivity index (χ3v) is 1.24. The van der Waals surface area contributed by atoms with Gasteiger partial charge in [0.15, 0.2) is 5.79 Å². The highest BCUT2D eigenvalue weighted by atomic mass is 16.6. The van der Waals surface area contributed by atoms with Gasteiger partial charge in [0, 0.05) is 6.42 Å². The first-order valence-corrected chi connectivity index (χ1v) is 4.00. The summed E-state index contributed by atoms with van der Waals surface area (Å²) in [7, 11) is 0. The summed E-state index contributed by atoms with van der Waals surface area (Å²) >= 11 is 0. The van der Waals surface area contributed by atoms with Crippen molar-refractivity contribution in [2.75, 3.05) is 6.61 Å². The van der Waals surface area contributed by atoms with Crippen LogP contribution in [-0.2, 0) is 9.53 Å². The number of ether oxygens (including phenoxy) is 1. The molecular formula is C8H16O4. The number of carbonyl (C=O) groups is 1. The third-order valence-electron chi connectivity index (χ3n) is 1.24. The molecule has 0 unspecified atom stereocenters. The Hall–Kier alpha value is -0.610. The Labute approximate surface area is 72.2 Å². The SMILES string of the molecule is CC(C)(O)OCCCCC(=O)O. The molecular weight excluding hydrogens is 160 g/mol. The predicted octanol–water partition coefficient (Wildman–Crippen LogP) is 0.986. The summed E-state index contributed by atoms with van der Waals surface area (Å²) in [6, 6.07) is 0. The van der Waals surface area contributed by atoms with Crippen molar-refractivity contribution in [3.05, 3.63) is 0 Å². The second kappa shape index (κ2) is 5.11. The molecule has 0 saturated heterocycles. The Morgan fingerprint density at radius 1 is 1.42 bits per heavy atom. The van der Waals surface area contributed by atoms with Crippen molar-refractivity contribution in [2.24, 2.45) is 0 Å². The topological polar surface area (TPSA) is 66.8 Å². The molecule has 2 N–H and O–H groups in total. The number of aliphatic carboxylic acids is 1. The highest BCUT2D eigenvalue weighted by Gasteiger charge is 2.11. The molecule has 0 aliphatic rings. The molecule has 72 valence electrons. The van der Waals surface area contributed by atoms with E-state index in [2.05, 4.69) is 0 Å². The van der Waals surface area contributed by atoms with E-state index < -0.39 is 11.8 Å². The van der Waals surface area contributed by atoms with Gasteiger partial charge in [-0.15, -0.1) is 0 Å². The van der Waals surface area contributed by atoms with Crippen LogP contribution in [0.5, 0.6) is 0 Å². The van der Waals surface area contributed by atoms with E-state index in [0.717, 1.165) is 0 Å². The van der Waals surface area contributed by atoms with Crippen molar-refractivity contribution in [3.63, 3.8) is 0 Å². The molecule has 0 aliphatic carbocycles. The smallest absolute Gasteiger partial charge is 0.303 e. The van der Waals surface area contributed by atoms with Crippen LogP contribution in [0.4, 0.5) is 0 Å². The van der Waals surface area contributed by atoms with Crippen LogP contribution in [0.2, 0.25) is 0 Å². The fourth-order valence-electron chi connectivity index (χ4n) is 0.700. The summed E-state index contributed by atoms with van der Waals surface area (Å²) in [5.74, 6) is -1.90. The van der Waals surface area contributed by atoms with E-state index in [4.69, 9.17) is 14.9 Å². The van der Waals surface area contributed by atoms with Gasteiger partial charge in [-0.25, -0.2) is 0 Å². The second-order valence-corrected chi connectivity index (χ2v) is 3.15. The molecule has 0 aromatic rings. The van der Waals surface area contributed by atoms with Gasteiger partial charge in [-0.3, -0.25) is 4.79 Å². The zero-order valence-corrected chi connectivity index (χ0v) is 7.54. The van der Waals surface area contributed by atoms with Crippen LogP contribution in [0.1, 0.15) is 33.1 Å². The van der Waals surface area contributed by atoms with Crippen molar-refractivity contribution in [1.29, 1.82) is 0 Å². The fraction of sp³-hybridized carbons (Fsp3) is 0.875. The summed E-state index contributed by atoms with van der Waals surface area (Å²) in [6.45, 7) is 3.49. The van der Waals surface area contributed by atoms with Crippen LogP contribution < -0.4 is 0 Å². The molecule has 4 heteroatoms. The van der Waals surface area contributed by atoms with E-state index in [1.807, 2.05) is 0 Å². The van der Waals surface area contributed by atoms with Crippen LogP contribution in [0.3, 0.4) is 0 Å². The maximum absolute atomic E-state index is 10.1. The van der Waals surface area contributed by atoms with Crippen LogP contribution in [0.15, 0.2) is 0 Å². The summed E-state index contributed by atoms with van der Waals surface area (Å²) in [4.78, 5) is 10.1. The molecule has 0 rings (SSSR count). The summed E-state index contributed by atoms with van der Waals surface area (Å²) in [5.41, 5.74) is 0. The molecule has 0 atom stereocenters. The van der Waals surface area contributed by atoms with Crippen LogP contribution in [0, 0.1) is 0 Å². The Morgan fingerprint density at radius 2 is 2.00 bits per heavy atom. The second-order valence-electron chi connectivity index (χ2n) is 3.15. The predicted molar refractivity (Wildman–Crippen MR) is 43.7 cm³/mol. The van der Waals surface area contributed by atoms with Crippen molar-refractivity contribution < 1.29 is 19.7 Å². The minimum atomic E-state index is -1.11. The monoisotopic (exact) mass is 176 g/mol. The molecule has 0 aromatic carbocycles. The quantitative estimate of drug-likeness (QED) is 0.467. The maximum atomic E-state index is 10.1. The lowest BCUT2D eigenvalue weighted by Crippen LogP contribution is -2.23. The Kier molecular flexibility index (Phi) is 4.85. The lowest BCUT2D eigenvalue weighted by molar-refractivity contribution is -0.176. The van der Waals surface area contributed by atoms with Gasteiger partial charge in [-0.2, -0.15) is 0 Å². The van der Waals surface area contributed by atoms with Crippen molar-refractivity contribution in [3.8, 4) is 0 Å². The van der Waals surface area contributed by atoms with Gasteiger partial charge >= 0.3 is 5.97 Å². The van der Waals surface area contributed by atoms with Crippen molar-refractivity contribution >= 4 is 5.97 Å². The average molecular weight is 176 g/mol. The number of carboxylic acid groups (broad SMARTS) is 1. The number of hydrogen-bond acceptors (Lipinski definition) is 3. The third kappa shape index (κ3) is 9.39. The summed E-state index contributed by atoms with van der Waals surface area (Å²) < 4.78 is 4.97. The fourth-order valence-corrected chi connectivity index (χ4v) is 0.700. The molecule has 0 amide bonds. The van der Waals surface area contributed by atoms with Crippen LogP contribution >= 0.6 is 0 Å². The number of rotatable bonds is 6. The molecule has 0 radical (unpaired) electrons. The first-order chi connectivity index (χ1) is 5.42. The molecule has 0 aliphatic heterocycles. The molecule has 0 aromatic heterocycles. The zero-order chi connectivity index (χ0) is 9.61. The normalized spacial score (nSPS) is 11.6. The maximum Gasteiger partial charge on any atom is 0.303 e. The van der Waals surface area contributed by atoms with Gasteiger partial charge in [-0.1, -0.05) is 0 Å². The van der Waals surface area contributed by atoms with Gasteiger partial charge < -0.3 is 14.9 Å². The van der Waals surface area contributed by atoms with E-state index in [-0.39, 0.29) is 6.42 Å². The van der Waals surface area contributed by atoms with Crippen LogP contribution in [-0.4, -0.2) is 28.6 Å². The average Bonchev–Trinajstić information content (AvgIpc) is 1.83. The molecule has 0 bridgehead atoms. The van der Waals surface area contributed by atoms with Gasteiger partial charge in [0.25, 0.3) is 0 Å². The summed E-state index contributed by atoms with van der Waals surface area (Å²) in [5, 5.41) is 17.4. The van der Waals surface area contributed by atoms with E-state index >= 15 is 0 Å². The van der Waals surface area contributed by atoms with E-state index in [1.54, 1.807) is 13.8 Å². The highest BCUT2D eigenvalue weighted by Crippen LogP contribution is 2.05. The van der Waals surface area contributed by atoms with Gasteiger partial charge in [0.1, 0.15) is 0 Å². The lowest BCUT2D eigenvalue weighted by atomic mass is 10.2. The van der Waals surface area contributed by atoms with Gasteiger partial charge in [0.05, 0.1) is 6.61 Å². The zero-order valence-electron chi connectivity index (χ0n) is 7.54. The molecule has 0 fully saturated rings. The van der Waals surface area contributed by atoms with Crippen LogP contribution in [0.25, 0.3) is 0 Å². The Bertz CT molecular complexity index is 136. The van der Waals surface area contributed by atoms with E-state index in [1.165, 1.54) is 0 Å². The van der Waals surface area contributed by atoms with Crippen molar-refractivity contribution in [2.45, 2.75) is 38.9 Å². The van der Waals surface area contributed by atoms with E-state index in [0.29, 0.717) is 19.4 Å². The minimum Gasteiger partial charge on any atom is -0.481 e. The van der Waals surface area contributed by atoms with Crippen molar-refractivity contribution in [1.82, 2.24) is 0 Å². The summed E-state index contributed by atoms with van der Waals surface area (Å²) in [6.07, 6.45) is 1.41. The van der Waals surface area contributed by atoms with Gasteiger partial charge in [-0.05, 0) is 26.7 Å². The first-order valence-electron chi connectivity index (χ1n) is 4.00. The highest BCUT2D eigenvalue weighted by molar-refractivity contribution is 5.66. The number of hydrogen-bond donors (Lipinski definition) is 2. The molecule has 4 nitrogen and oxygen atoms in total. The lowest BCUT2D eigenvalue weighted by Gasteiger charge is -2.17. The molecule has 0 spiro atoms. The number of unbranched alkanes of at least 4 members (excludes halogenated alkanes) is 1. The van der Waals surface area contributed by atoms with Gasteiger partial charge in [0.2, 0.25) is 0 Å². The Morgan fingerprint density at radius 3 is 2.42 bits per heavy atom. The Balaban J connectivity index is 3.17. The van der Waals surface area contributed by atoms with E-state index in [9.17, 15) is 4.79 Å². The molecule has 0 saturated carbocycles. The standard InChI is InChI=1S/C8H16O4/c1-8(2,11)12-6-4-3-5-7(9)10/h11H,3-6H2,1-2H3,(H,9,10). The molecule has 12 heavy (non-hydrogen) atoms.